The van der Waals surface area contributed by atoms with Gasteiger partial charge in [-0.3, -0.25) is 4.79 Å². The Labute approximate surface area is 107 Å². The van der Waals surface area contributed by atoms with Crippen molar-refractivity contribution in [1.82, 2.24) is 5.32 Å². The minimum absolute atomic E-state index is 0.0124. The average Bonchev–Trinajstić information content (AvgIpc) is 2.83. The Morgan fingerprint density at radius 1 is 1.28 bits per heavy atom. The van der Waals surface area contributed by atoms with Gasteiger partial charge in [0.05, 0.1) is 19.2 Å². The number of furan rings is 1. The van der Waals surface area contributed by atoms with E-state index in [4.69, 9.17) is 4.42 Å². The molecular weight excluding hydrogens is 226 g/mol. The van der Waals surface area contributed by atoms with Crippen molar-refractivity contribution in [1.29, 1.82) is 0 Å². The lowest BCUT2D eigenvalue weighted by molar-refractivity contribution is -0.120. The number of aryl methyl sites for hydroxylation is 2. The zero-order valence-corrected chi connectivity index (χ0v) is 10.7. The van der Waals surface area contributed by atoms with Crippen LogP contribution in [0.15, 0.2) is 41.0 Å². The number of hydrogen-bond acceptors (Lipinski definition) is 2. The van der Waals surface area contributed by atoms with Crippen LogP contribution in [0, 0.1) is 13.8 Å². The maximum atomic E-state index is 11.8. The summed E-state index contributed by atoms with van der Waals surface area (Å²) < 4.78 is 5.16. The minimum Gasteiger partial charge on any atom is -0.467 e. The minimum atomic E-state index is 0.0124. The van der Waals surface area contributed by atoms with Crippen LogP contribution < -0.4 is 5.32 Å². The largest absolute Gasteiger partial charge is 0.467 e. The van der Waals surface area contributed by atoms with Crippen LogP contribution in [0.1, 0.15) is 22.5 Å². The van der Waals surface area contributed by atoms with Crippen LogP contribution in [0.4, 0.5) is 0 Å². The first kappa shape index (κ1) is 12.4. The standard InChI is InChI=1S/C15H17NO2/c1-11-5-6-13(12(2)8-11)9-15(17)16-10-14-4-3-7-18-14/h3-8H,9-10H2,1-2H3,(H,16,17). The van der Waals surface area contributed by atoms with E-state index in [2.05, 4.69) is 11.4 Å². The van der Waals surface area contributed by atoms with Crippen molar-refractivity contribution >= 4 is 5.91 Å². The van der Waals surface area contributed by atoms with Gasteiger partial charge in [-0.2, -0.15) is 0 Å². The molecule has 0 radical (unpaired) electrons. The number of carbonyl (C=O) groups excluding carboxylic acids is 1. The molecule has 1 aromatic carbocycles. The molecular formula is C15H17NO2. The monoisotopic (exact) mass is 243 g/mol. The van der Waals surface area contributed by atoms with Crippen molar-refractivity contribution in [2.24, 2.45) is 0 Å². The first-order chi connectivity index (χ1) is 8.65. The quantitative estimate of drug-likeness (QED) is 0.897. The molecule has 1 amide bonds. The normalized spacial score (nSPS) is 10.3. The predicted molar refractivity (Wildman–Crippen MR) is 70.2 cm³/mol. The van der Waals surface area contributed by atoms with E-state index in [0.29, 0.717) is 13.0 Å². The van der Waals surface area contributed by atoms with Gasteiger partial charge < -0.3 is 9.73 Å². The van der Waals surface area contributed by atoms with Crippen LogP contribution in [0.5, 0.6) is 0 Å². The van der Waals surface area contributed by atoms with E-state index in [1.54, 1.807) is 6.26 Å². The zero-order chi connectivity index (χ0) is 13.0. The fourth-order valence-electron chi connectivity index (χ4n) is 1.88. The molecule has 1 N–H and O–H groups in total. The SMILES string of the molecule is Cc1ccc(CC(=O)NCc2ccco2)c(C)c1. The molecule has 0 saturated heterocycles. The van der Waals surface area contributed by atoms with E-state index in [9.17, 15) is 4.79 Å². The maximum Gasteiger partial charge on any atom is 0.224 e. The maximum absolute atomic E-state index is 11.8. The number of benzene rings is 1. The number of rotatable bonds is 4. The van der Waals surface area contributed by atoms with Gasteiger partial charge in [-0.25, -0.2) is 0 Å². The highest BCUT2D eigenvalue weighted by atomic mass is 16.3. The molecule has 0 saturated carbocycles. The Bertz CT molecular complexity index is 529. The molecule has 0 unspecified atom stereocenters. The lowest BCUT2D eigenvalue weighted by Crippen LogP contribution is -2.24. The number of amides is 1. The molecule has 0 aliphatic carbocycles. The summed E-state index contributed by atoms with van der Waals surface area (Å²) in [5.74, 6) is 0.780. The lowest BCUT2D eigenvalue weighted by Gasteiger charge is -2.07. The molecule has 1 aromatic heterocycles. The number of nitrogens with one attached hydrogen (secondary N) is 1. The third-order valence-corrected chi connectivity index (χ3v) is 2.89. The molecule has 0 aliphatic heterocycles. The van der Waals surface area contributed by atoms with E-state index in [0.717, 1.165) is 16.9 Å². The van der Waals surface area contributed by atoms with Crippen LogP contribution in [0.2, 0.25) is 0 Å². The van der Waals surface area contributed by atoms with E-state index in [1.165, 1.54) is 5.56 Å². The summed E-state index contributed by atoms with van der Waals surface area (Å²) in [6, 6.07) is 9.79. The fraction of sp³-hybridized carbons (Fsp3) is 0.267. The molecule has 3 nitrogen and oxygen atoms in total. The molecule has 0 atom stereocenters. The van der Waals surface area contributed by atoms with Crippen molar-refractivity contribution in [3.05, 3.63) is 59.0 Å². The van der Waals surface area contributed by atoms with Crippen molar-refractivity contribution in [2.45, 2.75) is 26.8 Å². The smallest absolute Gasteiger partial charge is 0.224 e. The van der Waals surface area contributed by atoms with Gasteiger partial charge in [0.2, 0.25) is 5.91 Å². The topological polar surface area (TPSA) is 42.2 Å². The van der Waals surface area contributed by atoms with Crippen LogP contribution in [-0.2, 0) is 17.8 Å². The molecule has 0 bridgehead atoms. The summed E-state index contributed by atoms with van der Waals surface area (Å²) >= 11 is 0. The molecule has 94 valence electrons. The first-order valence-electron chi connectivity index (χ1n) is 6.00. The van der Waals surface area contributed by atoms with Crippen LogP contribution in [-0.4, -0.2) is 5.91 Å². The summed E-state index contributed by atoms with van der Waals surface area (Å²) in [5.41, 5.74) is 3.44. The lowest BCUT2D eigenvalue weighted by atomic mass is 10.0. The van der Waals surface area contributed by atoms with E-state index in [1.807, 2.05) is 38.1 Å². The van der Waals surface area contributed by atoms with Crippen molar-refractivity contribution < 1.29 is 9.21 Å². The Morgan fingerprint density at radius 2 is 2.11 bits per heavy atom. The fourth-order valence-corrected chi connectivity index (χ4v) is 1.88. The van der Waals surface area contributed by atoms with Crippen molar-refractivity contribution in [3.63, 3.8) is 0 Å². The molecule has 3 heteroatoms. The third kappa shape index (κ3) is 3.23. The Morgan fingerprint density at radius 3 is 2.78 bits per heavy atom. The van der Waals surface area contributed by atoms with Crippen molar-refractivity contribution in [2.75, 3.05) is 0 Å². The zero-order valence-electron chi connectivity index (χ0n) is 10.7. The van der Waals surface area contributed by atoms with Gasteiger partial charge in [0.25, 0.3) is 0 Å². The second kappa shape index (κ2) is 5.54. The van der Waals surface area contributed by atoms with E-state index in [-0.39, 0.29) is 5.91 Å². The average molecular weight is 243 g/mol. The van der Waals surface area contributed by atoms with Gasteiger partial charge in [0.15, 0.2) is 0 Å². The molecule has 0 fully saturated rings. The van der Waals surface area contributed by atoms with Gasteiger partial charge in [0.1, 0.15) is 5.76 Å². The number of hydrogen-bond donors (Lipinski definition) is 1. The highest BCUT2D eigenvalue weighted by molar-refractivity contribution is 5.78. The van der Waals surface area contributed by atoms with Crippen LogP contribution in [0.3, 0.4) is 0 Å². The molecule has 0 aliphatic rings. The molecule has 18 heavy (non-hydrogen) atoms. The Hall–Kier alpha value is -2.03. The van der Waals surface area contributed by atoms with Crippen LogP contribution >= 0.6 is 0 Å². The predicted octanol–water partition coefficient (Wildman–Crippen LogP) is 2.76. The highest BCUT2D eigenvalue weighted by Gasteiger charge is 2.06. The van der Waals surface area contributed by atoms with Gasteiger partial charge in [-0.1, -0.05) is 23.8 Å². The first-order valence-corrected chi connectivity index (χ1v) is 6.00. The van der Waals surface area contributed by atoms with Gasteiger partial charge >= 0.3 is 0 Å². The van der Waals surface area contributed by atoms with Crippen molar-refractivity contribution in [3.8, 4) is 0 Å². The molecule has 2 rings (SSSR count). The second-order valence-corrected chi connectivity index (χ2v) is 4.46. The van der Waals surface area contributed by atoms with Gasteiger partial charge in [0, 0.05) is 0 Å². The molecule has 1 heterocycles. The van der Waals surface area contributed by atoms with Gasteiger partial charge in [-0.05, 0) is 37.1 Å². The van der Waals surface area contributed by atoms with Crippen LogP contribution in [0.25, 0.3) is 0 Å². The summed E-state index contributed by atoms with van der Waals surface area (Å²) in [6.07, 6.45) is 2.01. The Kier molecular flexibility index (Phi) is 3.82. The molecule has 2 aromatic rings. The highest BCUT2D eigenvalue weighted by Crippen LogP contribution is 2.11. The van der Waals surface area contributed by atoms with Gasteiger partial charge in [-0.15, -0.1) is 0 Å². The molecule has 0 spiro atoms. The third-order valence-electron chi connectivity index (χ3n) is 2.89. The van der Waals surface area contributed by atoms with E-state index < -0.39 is 0 Å². The number of carbonyl (C=O) groups is 1. The Balaban J connectivity index is 1.91. The summed E-state index contributed by atoms with van der Waals surface area (Å²) in [4.78, 5) is 11.8. The second-order valence-electron chi connectivity index (χ2n) is 4.46. The van der Waals surface area contributed by atoms with E-state index >= 15 is 0 Å². The summed E-state index contributed by atoms with van der Waals surface area (Å²) in [7, 11) is 0. The summed E-state index contributed by atoms with van der Waals surface area (Å²) in [6.45, 7) is 4.52. The summed E-state index contributed by atoms with van der Waals surface area (Å²) in [5, 5.41) is 2.84.